The minimum atomic E-state index is 0.591. The fourth-order valence-electron chi connectivity index (χ4n) is 1.07. The zero-order valence-corrected chi connectivity index (χ0v) is 6.49. The van der Waals surface area contributed by atoms with Crippen molar-refractivity contribution in [2.45, 2.75) is 6.42 Å². The average molecular weight is 163 g/mol. The van der Waals surface area contributed by atoms with Crippen LogP contribution >= 0.6 is 0 Å². The monoisotopic (exact) mass is 163 g/mol. The first-order chi connectivity index (χ1) is 5.90. The van der Waals surface area contributed by atoms with E-state index in [9.17, 15) is 0 Å². The molecule has 0 spiro atoms. The van der Waals surface area contributed by atoms with Gasteiger partial charge in [0.1, 0.15) is 5.82 Å². The van der Waals surface area contributed by atoms with E-state index in [1.165, 1.54) is 0 Å². The van der Waals surface area contributed by atoms with Gasteiger partial charge in [-0.1, -0.05) is 0 Å². The number of rotatable bonds is 2. The van der Waals surface area contributed by atoms with Crippen LogP contribution in [0, 0.1) is 0 Å². The fourth-order valence-corrected chi connectivity index (χ4v) is 1.07. The Kier molecular flexibility index (Phi) is 1.71. The van der Waals surface area contributed by atoms with E-state index in [4.69, 9.17) is 5.73 Å². The van der Waals surface area contributed by atoms with Gasteiger partial charge >= 0.3 is 0 Å². The van der Waals surface area contributed by atoms with Crippen molar-refractivity contribution >= 4 is 11.2 Å². The Hall–Kier alpha value is -1.49. The molecule has 0 bridgehead atoms. The van der Waals surface area contributed by atoms with Gasteiger partial charge in [0.15, 0.2) is 5.65 Å². The molecule has 0 aromatic carbocycles. The average Bonchev–Trinajstić information content (AvgIpc) is 2.47. The molecule has 0 fully saturated rings. The van der Waals surface area contributed by atoms with Crippen molar-refractivity contribution in [3.63, 3.8) is 0 Å². The molecule has 2 rings (SSSR count). The van der Waals surface area contributed by atoms with Crippen molar-refractivity contribution < 1.29 is 0 Å². The molecule has 0 saturated carbocycles. The third kappa shape index (κ3) is 1.14. The summed E-state index contributed by atoms with van der Waals surface area (Å²) in [4.78, 5) is 7.30. The van der Waals surface area contributed by atoms with E-state index in [0.717, 1.165) is 17.8 Å². The SMILES string of the molecule is NCCc1nc2nnccc2[nH]1. The van der Waals surface area contributed by atoms with Crippen LogP contribution < -0.4 is 5.73 Å². The number of aromatic amines is 1. The number of imidazole rings is 1. The molecule has 2 aromatic rings. The highest BCUT2D eigenvalue weighted by atomic mass is 15.1. The molecule has 2 aromatic heterocycles. The summed E-state index contributed by atoms with van der Waals surface area (Å²) in [5.74, 6) is 0.869. The minimum absolute atomic E-state index is 0.591. The third-order valence-electron chi connectivity index (χ3n) is 1.60. The van der Waals surface area contributed by atoms with Crippen molar-refractivity contribution in [2.75, 3.05) is 6.54 Å². The summed E-state index contributed by atoms with van der Waals surface area (Å²) >= 11 is 0. The normalized spacial score (nSPS) is 10.8. The number of hydrogen-bond donors (Lipinski definition) is 2. The number of nitrogens with zero attached hydrogens (tertiary/aromatic N) is 3. The van der Waals surface area contributed by atoms with Crippen LogP contribution in [0.25, 0.3) is 11.2 Å². The molecule has 3 N–H and O–H groups in total. The number of aromatic nitrogens is 4. The summed E-state index contributed by atoms with van der Waals surface area (Å²) in [7, 11) is 0. The fraction of sp³-hybridized carbons (Fsp3) is 0.286. The highest BCUT2D eigenvalue weighted by Gasteiger charge is 2.01. The van der Waals surface area contributed by atoms with Gasteiger partial charge in [-0.25, -0.2) is 4.98 Å². The predicted molar refractivity (Wildman–Crippen MR) is 44.4 cm³/mol. The second-order valence-corrected chi connectivity index (χ2v) is 2.49. The Balaban J connectivity index is 2.47. The molecule has 5 nitrogen and oxygen atoms in total. The van der Waals surface area contributed by atoms with E-state index in [2.05, 4.69) is 20.2 Å². The van der Waals surface area contributed by atoms with Crippen LogP contribution in [0.2, 0.25) is 0 Å². The third-order valence-corrected chi connectivity index (χ3v) is 1.60. The molecule has 62 valence electrons. The van der Waals surface area contributed by atoms with Crippen LogP contribution in [0.15, 0.2) is 12.3 Å². The molecule has 0 amide bonds. The van der Waals surface area contributed by atoms with Crippen LogP contribution in [-0.4, -0.2) is 26.7 Å². The first-order valence-corrected chi connectivity index (χ1v) is 3.76. The predicted octanol–water partition coefficient (Wildman–Crippen LogP) is -0.146. The summed E-state index contributed by atoms with van der Waals surface area (Å²) in [6, 6.07) is 1.84. The topological polar surface area (TPSA) is 80.5 Å². The lowest BCUT2D eigenvalue weighted by atomic mass is 10.4. The van der Waals surface area contributed by atoms with E-state index >= 15 is 0 Å². The summed E-state index contributed by atoms with van der Waals surface area (Å²) in [6.45, 7) is 0.591. The van der Waals surface area contributed by atoms with Crippen molar-refractivity contribution in [2.24, 2.45) is 5.73 Å². The Labute approximate surface area is 69.0 Å². The van der Waals surface area contributed by atoms with Gasteiger partial charge in [-0.2, -0.15) is 5.10 Å². The second-order valence-electron chi connectivity index (χ2n) is 2.49. The van der Waals surface area contributed by atoms with E-state index in [1.807, 2.05) is 6.07 Å². The molecular formula is C7H9N5. The lowest BCUT2D eigenvalue weighted by Crippen LogP contribution is -2.03. The highest BCUT2D eigenvalue weighted by molar-refractivity contribution is 5.69. The molecule has 12 heavy (non-hydrogen) atoms. The Morgan fingerprint density at radius 3 is 3.17 bits per heavy atom. The van der Waals surface area contributed by atoms with Crippen LogP contribution in [0.4, 0.5) is 0 Å². The van der Waals surface area contributed by atoms with Crippen LogP contribution in [0.1, 0.15) is 5.82 Å². The summed E-state index contributed by atoms with van der Waals surface area (Å²) in [5.41, 5.74) is 6.95. The van der Waals surface area contributed by atoms with Gasteiger partial charge < -0.3 is 10.7 Å². The number of H-pyrrole nitrogens is 1. The van der Waals surface area contributed by atoms with E-state index < -0.39 is 0 Å². The van der Waals surface area contributed by atoms with Gasteiger partial charge in [-0.3, -0.25) is 0 Å². The molecule has 0 aliphatic heterocycles. The van der Waals surface area contributed by atoms with Gasteiger partial charge in [0.25, 0.3) is 0 Å². The quantitative estimate of drug-likeness (QED) is 0.645. The van der Waals surface area contributed by atoms with Gasteiger partial charge in [0.05, 0.1) is 11.7 Å². The molecule has 0 aliphatic rings. The van der Waals surface area contributed by atoms with Crippen molar-refractivity contribution in [3.8, 4) is 0 Å². The molecule has 2 heterocycles. The van der Waals surface area contributed by atoms with Crippen LogP contribution in [0.3, 0.4) is 0 Å². The van der Waals surface area contributed by atoms with Gasteiger partial charge in [0.2, 0.25) is 0 Å². The summed E-state index contributed by atoms with van der Waals surface area (Å²) < 4.78 is 0. The number of hydrogen-bond acceptors (Lipinski definition) is 4. The Bertz CT molecular complexity index is 347. The molecule has 0 radical (unpaired) electrons. The van der Waals surface area contributed by atoms with Crippen molar-refractivity contribution in [3.05, 3.63) is 18.1 Å². The van der Waals surface area contributed by atoms with E-state index in [-0.39, 0.29) is 0 Å². The van der Waals surface area contributed by atoms with E-state index in [0.29, 0.717) is 12.2 Å². The summed E-state index contributed by atoms with van der Waals surface area (Å²) in [5, 5.41) is 7.57. The molecule has 0 aliphatic carbocycles. The van der Waals surface area contributed by atoms with Gasteiger partial charge in [0, 0.05) is 6.42 Å². The maximum absolute atomic E-state index is 5.39. The first-order valence-electron chi connectivity index (χ1n) is 3.76. The number of nitrogens with two attached hydrogens (primary N) is 1. The Morgan fingerprint density at radius 2 is 2.42 bits per heavy atom. The zero-order chi connectivity index (χ0) is 8.39. The minimum Gasteiger partial charge on any atom is -0.340 e. The molecule has 0 saturated heterocycles. The van der Waals surface area contributed by atoms with Gasteiger partial charge in [-0.15, -0.1) is 5.10 Å². The second kappa shape index (κ2) is 2.86. The first kappa shape index (κ1) is 7.17. The zero-order valence-electron chi connectivity index (χ0n) is 6.49. The molecular weight excluding hydrogens is 154 g/mol. The lowest BCUT2D eigenvalue weighted by Gasteiger charge is -1.86. The molecule has 0 unspecified atom stereocenters. The highest BCUT2D eigenvalue weighted by Crippen LogP contribution is 2.05. The van der Waals surface area contributed by atoms with Crippen LogP contribution in [-0.2, 0) is 6.42 Å². The molecule has 5 heteroatoms. The van der Waals surface area contributed by atoms with Gasteiger partial charge in [-0.05, 0) is 12.6 Å². The molecule has 0 atom stereocenters. The van der Waals surface area contributed by atoms with Crippen LogP contribution in [0.5, 0.6) is 0 Å². The van der Waals surface area contributed by atoms with Crippen molar-refractivity contribution in [1.82, 2.24) is 20.2 Å². The summed E-state index contributed by atoms with van der Waals surface area (Å²) in [6.07, 6.45) is 2.38. The standard InChI is InChI=1S/C7H9N5/c8-3-1-6-10-5-2-4-9-12-7(5)11-6/h2,4H,1,3,8H2,(H,10,11,12). The van der Waals surface area contributed by atoms with Crippen molar-refractivity contribution in [1.29, 1.82) is 0 Å². The Morgan fingerprint density at radius 1 is 1.50 bits per heavy atom. The number of nitrogens with one attached hydrogen (secondary N) is 1. The van der Waals surface area contributed by atoms with E-state index in [1.54, 1.807) is 6.20 Å². The maximum Gasteiger partial charge on any atom is 0.199 e. The maximum atomic E-state index is 5.39. The smallest absolute Gasteiger partial charge is 0.199 e. The largest absolute Gasteiger partial charge is 0.340 e. The lowest BCUT2D eigenvalue weighted by molar-refractivity contribution is 0.897. The number of fused-ring (bicyclic) bond motifs is 1.